The number of rotatable bonds is 4. The number of likely N-dealkylation sites (tertiary alicyclic amines) is 1. The summed E-state index contributed by atoms with van der Waals surface area (Å²) in [5.74, 6) is 2.36. The Kier molecular flexibility index (Phi) is 4.74. The average Bonchev–Trinajstić information content (AvgIpc) is 3.15. The molecule has 1 aliphatic carbocycles. The summed E-state index contributed by atoms with van der Waals surface area (Å²) in [7, 11) is 0. The SMILES string of the molecule is Cc1cc(C)nc([C@H]2CCN(C(=O)CCC3CCCC3)C2)n1. The minimum atomic E-state index is 0.314. The van der Waals surface area contributed by atoms with Crippen molar-refractivity contribution in [3.8, 4) is 0 Å². The molecule has 2 fully saturated rings. The number of hydrogen-bond acceptors (Lipinski definition) is 3. The van der Waals surface area contributed by atoms with Crippen LogP contribution < -0.4 is 0 Å². The van der Waals surface area contributed by atoms with Gasteiger partial charge in [0.2, 0.25) is 5.91 Å². The highest BCUT2D eigenvalue weighted by Gasteiger charge is 2.29. The van der Waals surface area contributed by atoms with Crippen molar-refractivity contribution in [3.63, 3.8) is 0 Å². The van der Waals surface area contributed by atoms with Crippen molar-refractivity contribution in [1.29, 1.82) is 0 Å². The van der Waals surface area contributed by atoms with E-state index < -0.39 is 0 Å². The van der Waals surface area contributed by atoms with E-state index in [9.17, 15) is 4.79 Å². The van der Waals surface area contributed by atoms with E-state index in [4.69, 9.17) is 0 Å². The summed E-state index contributed by atoms with van der Waals surface area (Å²) in [5.41, 5.74) is 2.04. The van der Waals surface area contributed by atoms with Crippen LogP contribution in [0.15, 0.2) is 6.07 Å². The average molecular weight is 301 g/mol. The normalized spacial score (nSPS) is 22.5. The van der Waals surface area contributed by atoms with Crippen LogP contribution in [0.4, 0.5) is 0 Å². The van der Waals surface area contributed by atoms with Crippen LogP contribution in [0.2, 0.25) is 0 Å². The zero-order valence-electron chi connectivity index (χ0n) is 13.8. The van der Waals surface area contributed by atoms with E-state index in [2.05, 4.69) is 9.97 Å². The Morgan fingerprint density at radius 3 is 2.55 bits per heavy atom. The molecule has 0 aromatic carbocycles. The minimum absolute atomic E-state index is 0.314. The van der Waals surface area contributed by atoms with E-state index in [0.717, 1.165) is 55.5 Å². The third-order valence-electron chi connectivity index (χ3n) is 5.15. The Morgan fingerprint density at radius 1 is 1.18 bits per heavy atom. The smallest absolute Gasteiger partial charge is 0.222 e. The Morgan fingerprint density at radius 2 is 1.86 bits per heavy atom. The van der Waals surface area contributed by atoms with Gasteiger partial charge in [0.05, 0.1) is 0 Å². The van der Waals surface area contributed by atoms with Gasteiger partial charge in [0.25, 0.3) is 0 Å². The number of nitrogens with zero attached hydrogens (tertiary/aromatic N) is 3. The van der Waals surface area contributed by atoms with Crippen molar-refractivity contribution in [2.45, 2.75) is 64.7 Å². The molecule has 1 saturated carbocycles. The standard InChI is InChI=1S/C18H27N3O/c1-13-11-14(2)20-18(19-13)16-9-10-21(12-16)17(22)8-7-15-5-3-4-6-15/h11,15-16H,3-10,12H2,1-2H3/t16-/m0/s1. The van der Waals surface area contributed by atoms with Crippen molar-refractivity contribution in [3.05, 3.63) is 23.3 Å². The molecule has 1 aliphatic heterocycles. The van der Waals surface area contributed by atoms with E-state index in [1.54, 1.807) is 0 Å². The molecule has 0 N–H and O–H groups in total. The predicted octanol–water partition coefficient (Wildman–Crippen LogP) is 3.38. The minimum Gasteiger partial charge on any atom is -0.342 e. The first kappa shape index (κ1) is 15.4. The first-order valence-corrected chi connectivity index (χ1v) is 8.72. The molecule has 1 aromatic heterocycles. The van der Waals surface area contributed by atoms with Crippen LogP contribution in [0.3, 0.4) is 0 Å². The molecule has 1 amide bonds. The largest absolute Gasteiger partial charge is 0.342 e. The molecule has 1 saturated heterocycles. The molecule has 4 heteroatoms. The fraction of sp³-hybridized carbons (Fsp3) is 0.722. The highest BCUT2D eigenvalue weighted by molar-refractivity contribution is 5.76. The van der Waals surface area contributed by atoms with Gasteiger partial charge in [-0.15, -0.1) is 0 Å². The Hall–Kier alpha value is -1.45. The third kappa shape index (κ3) is 3.65. The van der Waals surface area contributed by atoms with Crippen molar-refractivity contribution in [1.82, 2.24) is 14.9 Å². The van der Waals surface area contributed by atoms with Gasteiger partial charge in [-0.1, -0.05) is 25.7 Å². The predicted molar refractivity (Wildman–Crippen MR) is 86.6 cm³/mol. The maximum absolute atomic E-state index is 12.4. The lowest BCUT2D eigenvalue weighted by Crippen LogP contribution is -2.28. The first-order chi connectivity index (χ1) is 10.6. The van der Waals surface area contributed by atoms with Crippen molar-refractivity contribution >= 4 is 5.91 Å². The number of aromatic nitrogens is 2. The van der Waals surface area contributed by atoms with Crippen molar-refractivity contribution in [2.75, 3.05) is 13.1 Å². The molecule has 0 radical (unpaired) electrons. The van der Waals surface area contributed by atoms with Crippen LogP contribution in [-0.4, -0.2) is 33.9 Å². The molecule has 0 unspecified atom stereocenters. The molecule has 1 atom stereocenters. The lowest BCUT2D eigenvalue weighted by atomic mass is 10.0. The van der Waals surface area contributed by atoms with Gasteiger partial charge in [0, 0.05) is 36.8 Å². The number of amides is 1. The molecular weight excluding hydrogens is 274 g/mol. The number of hydrogen-bond donors (Lipinski definition) is 0. The van der Waals surface area contributed by atoms with Crippen molar-refractivity contribution in [2.24, 2.45) is 5.92 Å². The van der Waals surface area contributed by atoms with E-state index in [1.165, 1.54) is 25.7 Å². The highest BCUT2D eigenvalue weighted by Crippen LogP contribution is 2.30. The Balaban J connectivity index is 1.53. The summed E-state index contributed by atoms with van der Waals surface area (Å²) < 4.78 is 0. The number of carbonyl (C=O) groups is 1. The second kappa shape index (κ2) is 6.76. The molecule has 120 valence electrons. The maximum Gasteiger partial charge on any atom is 0.222 e. The topological polar surface area (TPSA) is 46.1 Å². The third-order valence-corrected chi connectivity index (χ3v) is 5.15. The summed E-state index contributed by atoms with van der Waals surface area (Å²) in [5, 5.41) is 0. The fourth-order valence-electron chi connectivity index (χ4n) is 3.92. The highest BCUT2D eigenvalue weighted by atomic mass is 16.2. The quantitative estimate of drug-likeness (QED) is 0.856. The molecule has 3 rings (SSSR count). The van der Waals surface area contributed by atoms with Crippen LogP contribution in [0.1, 0.15) is 68.1 Å². The molecule has 2 heterocycles. The molecule has 1 aromatic rings. The van der Waals surface area contributed by atoms with Gasteiger partial charge in [0.1, 0.15) is 5.82 Å². The zero-order valence-corrected chi connectivity index (χ0v) is 13.8. The van der Waals surface area contributed by atoms with Gasteiger partial charge in [0.15, 0.2) is 0 Å². The van der Waals surface area contributed by atoms with Gasteiger partial charge in [-0.2, -0.15) is 0 Å². The monoisotopic (exact) mass is 301 g/mol. The molecule has 4 nitrogen and oxygen atoms in total. The number of carbonyl (C=O) groups excluding carboxylic acids is 1. The summed E-state index contributed by atoms with van der Waals surface area (Å²) in [6, 6.07) is 2.00. The van der Waals surface area contributed by atoms with Crippen LogP contribution in [0.25, 0.3) is 0 Å². The zero-order chi connectivity index (χ0) is 15.5. The fourth-order valence-corrected chi connectivity index (χ4v) is 3.92. The molecule has 2 aliphatic rings. The maximum atomic E-state index is 12.4. The van der Waals surface area contributed by atoms with E-state index in [1.807, 2.05) is 24.8 Å². The van der Waals surface area contributed by atoms with Crippen LogP contribution in [0, 0.1) is 19.8 Å². The second-order valence-electron chi connectivity index (χ2n) is 7.02. The van der Waals surface area contributed by atoms with Crippen LogP contribution >= 0.6 is 0 Å². The lowest BCUT2D eigenvalue weighted by molar-refractivity contribution is -0.130. The van der Waals surface area contributed by atoms with Gasteiger partial charge >= 0.3 is 0 Å². The van der Waals surface area contributed by atoms with E-state index >= 15 is 0 Å². The summed E-state index contributed by atoms with van der Waals surface area (Å²) in [6.07, 6.45) is 8.17. The van der Waals surface area contributed by atoms with Crippen LogP contribution in [-0.2, 0) is 4.79 Å². The molecule has 0 bridgehead atoms. The van der Waals surface area contributed by atoms with E-state index in [-0.39, 0.29) is 0 Å². The van der Waals surface area contributed by atoms with Gasteiger partial charge < -0.3 is 4.90 Å². The number of aryl methyl sites for hydroxylation is 2. The molecular formula is C18H27N3O. The van der Waals surface area contributed by atoms with Crippen LogP contribution in [0.5, 0.6) is 0 Å². The van der Waals surface area contributed by atoms with Crippen molar-refractivity contribution < 1.29 is 4.79 Å². The van der Waals surface area contributed by atoms with E-state index in [0.29, 0.717) is 11.8 Å². The summed E-state index contributed by atoms with van der Waals surface area (Å²) in [4.78, 5) is 23.6. The van der Waals surface area contributed by atoms with Gasteiger partial charge in [-0.3, -0.25) is 4.79 Å². The first-order valence-electron chi connectivity index (χ1n) is 8.72. The lowest BCUT2D eigenvalue weighted by Gasteiger charge is -2.17. The molecule has 22 heavy (non-hydrogen) atoms. The molecule has 0 spiro atoms. The van der Waals surface area contributed by atoms with Gasteiger partial charge in [-0.05, 0) is 38.7 Å². The summed E-state index contributed by atoms with van der Waals surface area (Å²) >= 11 is 0. The van der Waals surface area contributed by atoms with Gasteiger partial charge in [-0.25, -0.2) is 9.97 Å². The summed E-state index contributed by atoms with van der Waals surface area (Å²) in [6.45, 7) is 5.69. The Labute approximate surface area is 133 Å². The Bertz CT molecular complexity index is 517. The second-order valence-corrected chi connectivity index (χ2v) is 7.02.